The van der Waals surface area contributed by atoms with Crippen molar-refractivity contribution in [3.05, 3.63) is 40.7 Å². The van der Waals surface area contributed by atoms with Crippen LogP contribution < -0.4 is 19.5 Å². The number of nitrogens with zero attached hydrogens (tertiary/aromatic N) is 3. The van der Waals surface area contributed by atoms with E-state index in [0.717, 1.165) is 28.2 Å². The third-order valence-corrected chi connectivity index (χ3v) is 5.03. The van der Waals surface area contributed by atoms with Crippen LogP contribution in [0.1, 0.15) is 34.9 Å². The summed E-state index contributed by atoms with van der Waals surface area (Å²) in [6.45, 7) is 4.09. The third-order valence-electron chi connectivity index (χ3n) is 5.03. The average Bonchev–Trinajstić information content (AvgIpc) is 3.23. The van der Waals surface area contributed by atoms with Gasteiger partial charge in [-0.25, -0.2) is 9.50 Å². The van der Waals surface area contributed by atoms with E-state index in [1.54, 1.807) is 17.7 Å². The Hall–Kier alpha value is -3.29. The van der Waals surface area contributed by atoms with Crippen LogP contribution in [0.3, 0.4) is 0 Å². The van der Waals surface area contributed by atoms with Crippen LogP contribution in [0.25, 0.3) is 5.65 Å². The predicted molar refractivity (Wildman–Crippen MR) is 96.7 cm³/mol. The molecule has 0 radical (unpaired) electrons. The van der Waals surface area contributed by atoms with Crippen molar-refractivity contribution in [2.75, 3.05) is 19.2 Å². The van der Waals surface area contributed by atoms with Gasteiger partial charge in [0.25, 0.3) is 0 Å². The smallest absolute Gasteiger partial charge is 0.231 e. The summed E-state index contributed by atoms with van der Waals surface area (Å²) in [5.41, 5.74) is 4.34. The van der Waals surface area contributed by atoms with E-state index >= 15 is 0 Å². The topological polar surface area (TPSA) is 87.0 Å². The van der Waals surface area contributed by atoms with Gasteiger partial charge in [-0.05, 0) is 26.0 Å². The summed E-state index contributed by atoms with van der Waals surface area (Å²) < 4.78 is 18.4. The molecule has 2 aromatic heterocycles. The summed E-state index contributed by atoms with van der Waals surface area (Å²) in [7, 11) is 1.60. The summed E-state index contributed by atoms with van der Waals surface area (Å²) in [4.78, 5) is 17.1. The molecule has 0 saturated heterocycles. The Morgan fingerprint density at radius 3 is 2.78 bits per heavy atom. The molecule has 1 atom stereocenters. The maximum atomic E-state index is 12.4. The number of ether oxygens (including phenoxy) is 3. The number of benzene rings is 1. The Morgan fingerprint density at radius 2 is 2.00 bits per heavy atom. The molecule has 138 valence electrons. The molecular formula is C19H18N4O4. The second-order valence-corrected chi connectivity index (χ2v) is 6.79. The first-order valence-corrected chi connectivity index (χ1v) is 8.69. The van der Waals surface area contributed by atoms with Crippen molar-refractivity contribution >= 4 is 17.4 Å². The van der Waals surface area contributed by atoms with E-state index in [2.05, 4.69) is 10.4 Å². The Labute approximate surface area is 155 Å². The molecular weight excluding hydrogens is 348 g/mol. The van der Waals surface area contributed by atoms with Crippen molar-refractivity contribution in [2.24, 2.45) is 0 Å². The van der Waals surface area contributed by atoms with Crippen LogP contribution >= 0.6 is 0 Å². The van der Waals surface area contributed by atoms with Gasteiger partial charge in [-0.3, -0.25) is 4.79 Å². The predicted octanol–water partition coefficient (Wildman–Crippen LogP) is 2.56. The van der Waals surface area contributed by atoms with Gasteiger partial charge in [-0.2, -0.15) is 0 Å². The Bertz CT molecular complexity index is 1110. The highest BCUT2D eigenvalue weighted by atomic mass is 16.7. The van der Waals surface area contributed by atoms with Gasteiger partial charge in [0.1, 0.15) is 5.75 Å². The van der Waals surface area contributed by atoms with Gasteiger partial charge in [0.05, 0.1) is 7.11 Å². The fourth-order valence-electron chi connectivity index (χ4n) is 3.87. The lowest BCUT2D eigenvalue weighted by Crippen LogP contribution is -2.23. The maximum absolute atomic E-state index is 12.4. The quantitative estimate of drug-likeness (QED) is 0.750. The van der Waals surface area contributed by atoms with E-state index in [1.165, 1.54) is 0 Å². The van der Waals surface area contributed by atoms with Crippen molar-refractivity contribution in [3.8, 4) is 17.2 Å². The van der Waals surface area contributed by atoms with Crippen LogP contribution in [0.15, 0.2) is 18.2 Å². The molecule has 8 nitrogen and oxygen atoms in total. The SMILES string of the molecule is COc1cc2c(cc1C1CC(=O)Nc3nn4c(C)cc(C)nc4c31)OCO2. The molecule has 1 amide bonds. The minimum atomic E-state index is -0.246. The van der Waals surface area contributed by atoms with Crippen molar-refractivity contribution in [3.63, 3.8) is 0 Å². The van der Waals surface area contributed by atoms with Crippen LogP contribution in [-0.4, -0.2) is 34.4 Å². The lowest BCUT2D eigenvalue weighted by molar-refractivity contribution is -0.116. The summed E-state index contributed by atoms with van der Waals surface area (Å²) in [5.74, 6) is 2.14. The van der Waals surface area contributed by atoms with Gasteiger partial charge in [-0.15, -0.1) is 5.10 Å². The normalized spacial score (nSPS) is 17.7. The highest BCUT2D eigenvalue weighted by Gasteiger charge is 2.35. The van der Waals surface area contributed by atoms with E-state index in [4.69, 9.17) is 19.2 Å². The Kier molecular flexibility index (Phi) is 3.30. The van der Waals surface area contributed by atoms with E-state index < -0.39 is 0 Å². The molecule has 1 unspecified atom stereocenters. The zero-order valence-corrected chi connectivity index (χ0v) is 15.2. The zero-order valence-electron chi connectivity index (χ0n) is 15.2. The van der Waals surface area contributed by atoms with Gasteiger partial charge in [0.2, 0.25) is 12.7 Å². The van der Waals surface area contributed by atoms with Crippen molar-refractivity contribution in [1.82, 2.24) is 14.6 Å². The summed E-state index contributed by atoms with van der Waals surface area (Å²) >= 11 is 0. The molecule has 0 spiro atoms. The number of nitrogens with one attached hydrogen (secondary N) is 1. The first-order chi connectivity index (χ1) is 13.0. The molecule has 8 heteroatoms. The molecule has 4 heterocycles. The van der Waals surface area contributed by atoms with Gasteiger partial charge < -0.3 is 19.5 Å². The monoisotopic (exact) mass is 366 g/mol. The Morgan fingerprint density at radius 1 is 1.22 bits per heavy atom. The first kappa shape index (κ1) is 15.9. The number of hydrogen-bond acceptors (Lipinski definition) is 6. The summed E-state index contributed by atoms with van der Waals surface area (Å²) in [6, 6.07) is 5.66. The molecule has 27 heavy (non-hydrogen) atoms. The average molecular weight is 366 g/mol. The van der Waals surface area contributed by atoms with Crippen LogP contribution in [0.2, 0.25) is 0 Å². The largest absolute Gasteiger partial charge is 0.496 e. The molecule has 2 aliphatic heterocycles. The van der Waals surface area contributed by atoms with Crippen molar-refractivity contribution < 1.29 is 19.0 Å². The Balaban J connectivity index is 1.77. The van der Waals surface area contributed by atoms with Gasteiger partial charge in [-0.1, -0.05) is 0 Å². The number of aryl methyl sites for hydroxylation is 2. The van der Waals surface area contributed by atoms with Crippen LogP contribution in [0.5, 0.6) is 17.2 Å². The molecule has 0 aliphatic carbocycles. The van der Waals surface area contributed by atoms with Crippen molar-refractivity contribution in [2.45, 2.75) is 26.2 Å². The number of fused-ring (bicyclic) bond motifs is 4. The lowest BCUT2D eigenvalue weighted by Gasteiger charge is -2.24. The number of anilines is 1. The number of methoxy groups -OCH3 is 1. The molecule has 1 aromatic carbocycles. The number of hydrogen-bond donors (Lipinski definition) is 1. The molecule has 1 N–H and O–H groups in total. The highest BCUT2D eigenvalue weighted by molar-refractivity contribution is 5.96. The minimum Gasteiger partial charge on any atom is -0.496 e. The van der Waals surface area contributed by atoms with Crippen LogP contribution in [-0.2, 0) is 4.79 Å². The molecule has 5 rings (SSSR count). The minimum absolute atomic E-state index is 0.0926. The third kappa shape index (κ3) is 2.33. The standard InChI is InChI=1S/C19H18N4O4/c1-9-4-10(2)23-19(20-9)17-12(6-16(24)21-18(17)22-23)11-5-14-15(27-8-26-14)7-13(11)25-3/h4-5,7,12H,6,8H2,1-3H3,(H,21,22,24). The van der Waals surface area contributed by atoms with Gasteiger partial charge >= 0.3 is 0 Å². The second kappa shape index (κ2) is 5.60. The zero-order chi connectivity index (χ0) is 18.7. The molecule has 0 saturated carbocycles. The van der Waals surface area contributed by atoms with Crippen LogP contribution in [0.4, 0.5) is 5.82 Å². The number of carbonyl (C=O) groups excluding carboxylic acids is 1. The summed E-state index contributed by atoms with van der Waals surface area (Å²) in [6.07, 6.45) is 0.277. The molecule has 3 aromatic rings. The van der Waals surface area contributed by atoms with E-state index in [9.17, 15) is 4.79 Å². The van der Waals surface area contributed by atoms with Crippen molar-refractivity contribution in [1.29, 1.82) is 0 Å². The molecule has 0 fully saturated rings. The number of aromatic nitrogens is 3. The van der Waals surface area contributed by atoms with E-state index in [1.807, 2.05) is 26.0 Å². The fourth-order valence-corrected chi connectivity index (χ4v) is 3.87. The fraction of sp³-hybridized carbons (Fsp3) is 0.316. The van der Waals surface area contributed by atoms with E-state index in [0.29, 0.717) is 23.1 Å². The summed E-state index contributed by atoms with van der Waals surface area (Å²) in [5, 5.41) is 7.45. The molecule has 2 aliphatic rings. The lowest BCUT2D eigenvalue weighted by atomic mass is 9.86. The van der Waals surface area contributed by atoms with Gasteiger partial charge in [0.15, 0.2) is 23.0 Å². The number of amides is 1. The molecule has 0 bridgehead atoms. The first-order valence-electron chi connectivity index (χ1n) is 8.69. The highest BCUT2D eigenvalue weighted by Crippen LogP contribution is 2.47. The van der Waals surface area contributed by atoms with Crippen LogP contribution in [0, 0.1) is 13.8 Å². The second-order valence-electron chi connectivity index (χ2n) is 6.79. The number of carbonyl (C=O) groups is 1. The number of rotatable bonds is 2. The maximum Gasteiger partial charge on any atom is 0.231 e. The van der Waals surface area contributed by atoms with E-state index in [-0.39, 0.29) is 25.0 Å². The van der Waals surface area contributed by atoms with Gasteiger partial charge in [0, 0.05) is 40.9 Å².